The van der Waals surface area contributed by atoms with Crippen LogP contribution in [-0.2, 0) is 10.1 Å². The fraction of sp³-hybridized carbons (Fsp3) is 0.158. The van der Waals surface area contributed by atoms with Gasteiger partial charge < -0.3 is 15.6 Å². The predicted molar refractivity (Wildman–Crippen MR) is 119 cm³/mol. The lowest BCUT2D eigenvalue weighted by molar-refractivity contribution is 0.201. The Morgan fingerprint density at radius 1 is 1.19 bits per heavy atom. The Labute approximate surface area is 186 Å². The maximum Gasteiger partial charge on any atom is 0.294 e. The first-order valence-corrected chi connectivity index (χ1v) is 11.5. The van der Waals surface area contributed by atoms with Crippen molar-refractivity contribution in [1.29, 1.82) is 0 Å². The molecule has 0 aliphatic carbocycles. The number of thiazole rings is 1. The molecule has 0 spiro atoms. The molecule has 0 radical (unpaired) electrons. The fourth-order valence-corrected chi connectivity index (χ4v) is 4.19. The average Bonchev–Trinajstić information content (AvgIpc) is 3.29. The highest BCUT2D eigenvalue weighted by molar-refractivity contribution is 7.85. The van der Waals surface area contributed by atoms with Gasteiger partial charge in [-0.05, 0) is 49.4 Å². The molecule has 2 heterocycles. The number of hydrogen-bond donors (Lipinski definition) is 3. The van der Waals surface area contributed by atoms with Crippen molar-refractivity contribution in [2.45, 2.75) is 11.8 Å². The van der Waals surface area contributed by atoms with Gasteiger partial charge in [0.25, 0.3) is 10.1 Å². The third kappa shape index (κ3) is 4.45. The van der Waals surface area contributed by atoms with E-state index in [-0.39, 0.29) is 23.9 Å². The van der Waals surface area contributed by atoms with Crippen molar-refractivity contribution < 1.29 is 22.8 Å². The summed E-state index contributed by atoms with van der Waals surface area (Å²) in [6.07, 6.45) is 0. The van der Waals surface area contributed by atoms with E-state index in [2.05, 4.69) is 20.3 Å². The number of azo groups is 1. The molecule has 0 saturated heterocycles. The Bertz CT molecular complexity index is 1410. The second-order valence-electron chi connectivity index (χ2n) is 6.60. The first-order chi connectivity index (χ1) is 15.3. The number of nitrogen functional groups attached to an aromatic ring is 1. The molecule has 0 aliphatic heterocycles. The molecule has 0 aliphatic rings. The Morgan fingerprint density at radius 3 is 2.62 bits per heavy atom. The monoisotopic (exact) mass is 474 g/mol. The molecule has 32 heavy (non-hydrogen) atoms. The van der Waals surface area contributed by atoms with Gasteiger partial charge in [0.05, 0.1) is 33.1 Å². The second kappa shape index (κ2) is 8.63. The number of benzene rings is 2. The third-order valence-electron chi connectivity index (χ3n) is 4.39. The zero-order valence-electron chi connectivity index (χ0n) is 16.7. The fourth-order valence-electron chi connectivity index (χ4n) is 2.90. The van der Waals surface area contributed by atoms with E-state index in [0.29, 0.717) is 27.9 Å². The molecule has 13 heteroatoms. The van der Waals surface area contributed by atoms with Crippen molar-refractivity contribution >= 4 is 48.3 Å². The van der Waals surface area contributed by atoms with Crippen LogP contribution in [0.1, 0.15) is 5.69 Å². The van der Waals surface area contributed by atoms with E-state index in [1.165, 1.54) is 40.3 Å². The van der Waals surface area contributed by atoms with Crippen molar-refractivity contribution in [1.82, 2.24) is 14.8 Å². The molecule has 0 amide bonds. The van der Waals surface area contributed by atoms with Crippen LogP contribution in [0.4, 0.5) is 16.6 Å². The van der Waals surface area contributed by atoms with Crippen LogP contribution in [0.15, 0.2) is 57.6 Å². The number of nitrogens with zero attached hydrogens (tertiary/aromatic N) is 5. The number of aryl methyl sites for hydroxylation is 1. The molecule has 166 valence electrons. The summed E-state index contributed by atoms with van der Waals surface area (Å²) in [5, 5.41) is 22.0. The zero-order valence-corrected chi connectivity index (χ0v) is 18.3. The summed E-state index contributed by atoms with van der Waals surface area (Å²) in [6, 6.07) is 10.8. The number of hydrogen-bond acceptors (Lipinski definition) is 10. The Kier molecular flexibility index (Phi) is 5.88. The van der Waals surface area contributed by atoms with Gasteiger partial charge in [-0.1, -0.05) is 11.3 Å². The lowest BCUT2D eigenvalue weighted by Gasteiger charge is -2.04. The van der Waals surface area contributed by atoms with Crippen LogP contribution in [-0.4, -0.2) is 46.1 Å². The van der Waals surface area contributed by atoms with Crippen LogP contribution in [0.3, 0.4) is 0 Å². The number of fused-ring (bicyclic) bond motifs is 1. The van der Waals surface area contributed by atoms with E-state index in [0.717, 1.165) is 10.2 Å². The van der Waals surface area contributed by atoms with Crippen molar-refractivity contribution in [2.75, 3.05) is 18.9 Å². The van der Waals surface area contributed by atoms with Crippen molar-refractivity contribution in [3.05, 3.63) is 48.2 Å². The van der Waals surface area contributed by atoms with Crippen LogP contribution in [0.2, 0.25) is 0 Å². The SMILES string of the molecule is Cc1nn(-c2ccc(S(=O)(=O)O)cc2)c(N)c1/N=N/c1nc2ccc(OCCO)cc2s1. The van der Waals surface area contributed by atoms with E-state index in [1.54, 1.807) is 19.1 Å². The molecule has 4 rings (SSSR count). The standard InChI is InChI=1S/C19H18N6O5S2/c1-11-17(18(20)25(24-11)12-2-5-14(6-3-12)32(27,28)29)22-23-19-21-15-7-4-13(30-9-8-26)10-16(15)31-19/h2-7,10,26H,8-9,20H2,1H3,(H,27,28,29)/b23-22+. The first-order valence-electron chi connectivity index (χ1n) is 9.25. The number of ether oxygens (including phenoxy) is 1. The Balaban J connectivity index is 1.60. The summed E-state index contributed by atoms with van der Waals surface area (Å²) < 4.78 is 39.2. The number of aromatic nitrogens is 3. The maximum atomic E-state index is 11.2. The lowest BCUT2D eigenvalue weighted by atomic mass is 10.3. The van der Waals surface area contributed by atoms with E-state index in [9.17, 15) is 8.42 Å². The van der Waals surface area contributed by atoms with E-state index in [4.69, 9.17) is 20.1 Å². The molecule has 0 saturated carbocycles. The minimum atomic E-state index is -4.29. The summed E-state index contributed by atoms with van der Waals surface area (Å²) in [6.45, 7) is 1.86. The van der Waals surface area contributed by atoms with Gasteiger partial charge in [-0.15, -0.1) is 10.2 Å². The molecule has 0 bridgehead atoms. The topological polar surface area (TPSA) is 165 Å². The van der Waals surface area contributed by atoms with Crippen LogP contribution in [0, 0.1) is 6.92 Å². The zero-order chi connectivity index (χ0) is 22.9. The van der Waals surface area contributed by atoms with Crippen molar-refractivity contribution in [2.24, 2.45) is 10.2 Å². The minimum Gasteiger partial charge on any atom is -0.491 e. The third-order valence-corrected chi connectivity index (χ3v) is 6.16. The number of anilines is 1. The van der Waals surface area contributed by atoms with Gasteiger partial charge in [0.15, 0.2) is 11.5 Å². The molecular formula is C19H18N6O5S2. The van der Waals surface area contributed by atoms with Crippen LogP contribution in [0.25, 0.3) is 15.9 Å². The number of rotatable bonds is 7. The lowest BCUT2D eigenvalue weighted by Crippen LogP contribution is -2.03. The molecule has 0 atom stereocenters. The van der Waals surface area contributed by atoms with Crippen molar-refractivity contribution in [3.63, 3.8) is 0 Å². The summed E-state index contributed by atoms with van der Waals surface area (Å²) in [4.78, 5) is 4.18. The van der Waals surface area contributed by atoms with E-state index >= 15 is 0 Å². The highest BCUT2D eigenvalue weighted by Crippen LogP contribution is 2.34. The number of aliphatic hydroxyl groups excluding tert-OH is 1. The summed E-state index contributed by atoms with van der Waals surface area (Å²) >= 11 is 1.32. The molecule has 0 unspecified atom stereocenters. The number of aliphatic hydroxyl groups is 1. The van der Waals surface area contributed by atoms with Crippen LogP contribution >= 0.6 is 11.3 Å². The Hall–Kier alpha value is -3.39. The van der Waals surface area contributed by atoms with Gasteiger partial charge in [0.1, 0.15) is 12.4 Å². The van der Waals surface area contributed by atoms with Gasteiger partial charge in [0.2, 0.25) is 5.13 Å². The van der Waals surface area contributed by atoms with Gasteiger partial charge in [-0.2, -0.15) is 13.5 Å². The van der Waals surface area contributed by atoms with Gasteiger partial charge in [0, 0.05) is 0 Å². The van der Waals surface area contributed by atoms with Crippen LogP contribution in [0.5, 0.6) is 5.75 Å². The summed E-state index contributed by atoms with van der Waals surface area (Å²) in [5.41, 5.74) is 8.30. The average molecular weight is 475 g/mol. The molecular weight excluding hydrogens is 456 g/mol. The molecule has 4 N–H and O–H groups in total. The van der Waals surface area contributed by atoms with Gasteiger partial charge in [-0.25, -0.2) is 9.67 Å². The molecule has 11 nitrogen and oxygen atoms in total. The van der Waals surface area contributed by atoms with E-state index < -0.39 is 10.1 Å². The highest BCUT2D eigenvalue weighted by atomic mass is 32.2. The quantitative estimate of drug-likeness (QED) is 0.271. The first kappa shape index (κ1) is 21.8. The molecule has 2 aromatic carbocycles. The van der Waals surface area contributed by atoms with Gasteiger partial charge in [-0.3, -0.25) is 4.55 Å². The van der Waals surface area contributed by atoms with Crippen LogP contribution < -0.4 is 10.5 Å². The smallest absolute Gasteiger partial charge is 0.294 e. The molecule has 2 aromatic heterocycles. The summed E-state index contributed by atoms with van der Waals surface area (Å²) in [7, 11) is -4.29. The predicted octanol–water partition coefficient (Wildman–Crippen LogP) is 3.41. The maximum absolute atomic E-state index is 11.2. The minimum absolute atomic E-state index is 0.0701. The largest absolute Gasteiger partial charge is 0.491 e. The number of nitrogens with two attached hydrogens (primary N) is 1. The van der Waals surface area contributed by atoms with E-state index in [1.807, 2.05) is 6.07 Å². The highest BCUT2D eigenvalue weighted by Gasteiger charge is 2.16. The second-order valence-corrected chi connectivity index (χ2v) is 9.03. The van der Waals surface area contributed by atoms with Gasteiger partial charge >= 0.3 is 0 Å². The Morgan fingerprint density at radius 2 is 1.94 bits per heavy atom. The van der Waals surface area contributed by atoms with Crippen molar-refractivity contribution in [3.8, 4) is 11.4 Å². The molecule has 0 fully saturated rings. The normalized spacial score (nSPS) is 12.1. The molecule has 4 aromatic rings. The summed E-state index contributed by atoms with van der Waals surface area (Å²) in [5.74, 6) is 0.840.